The minimum Gasteiger partial charge on any atom is -0.330 e. The summed E-state index contributed by atoms with van der Waals surface area (Å²) in [5.74, 6) is 0.993. The molecule has 3 rings (SSSR count). The second kappa shape index (κ2) is 5.07. The number of benzene rings is 1. The van der Waals surface area contributed by atoms with E-state index in [0.29, 0.717) is 30.5 Å². The lowest BCUT2D eigenvalue weighted by atomic mass is 10.1. The van der Waals surface area contributed by atoms with Crippen molar-refractivity contribution < 1.29 is 4.79 Å². The van der Waals surface area contributed by atoms with Crippen molar-refractivity contribution >= 4 is 22.6 Å². The van der Waals surface area contributed by atoms with Crippen molar-refractivity contribution in [2.24, 2.45) is 11.7 Å². The van der Waals surface area contributed by atoms with Gasteiger partial charge in [0.1, 0.15) is 0 Å². The number of carbonyl (C=O) groups excluding carboxylic acids is 1. The van der Waals surface area contributed by atoms with Crippen LogP contribution in [0, 0.1) is 5.92 Å². The highest BCUT2D eigenvalue weighted by Crippen LogP contribution is 2.28. The summed E-state index contributed by atoms with van der Waals surface area (Å²) in [6.45, 7) is 1.19. The lowest BCUT2D eigenvalue weighted by Crippen LogP contribution is -2.25. The van der Waals surface area contributed by atoms with Gasteiger partial charge in [-0.05, 0) is 12.5 Å². The maximum Gasteiger partial charge on any atom is 0.229 e. The van der Waals surface area contributed by atoms with E-state index in [4.69, 9.17) is 5.73 Å². The number of hydrogen-bond donors (Lipinski definition) is 1. The number of aromatic nitrogens is 2. The van der Waals surface area contributed by atoms with E-state index in [2.05, 4.69) is 9.36 Å². The van der Waals surface area contributed by atoms with Crippen LogP contribution in [0.15, 0.2) is 30.3 Å². The zero-order chi connectivity index (χ0) is 13.2. The van der Waals surface area contributed by atoms with Crippen LogP contribution in [0.4, 0.5) is 5.13 Å². The molecule has 1 fully saturated rings. The molecule has 0 spiro atoms. The van der Waals surface area contributed by atoms with Gasteiger partial charge in [-0.1, -0.05) is 30.3 Å². The van der Waals surface area contributed by atoms with Gasteiger partial charge < -0.3 is 5.73 Å². The van der Waals surface area contributed by atoms with Crippen LogP contribution >= 0.6 is 11.5 Å². The first kappa shape index (κ1) is 12.3. The van der Waals surface area contributed by atoms with Gasteiger partial charge in [0.25, 0.3) is 0 Å². The minimum atomic E-state index is 0.0891. The van der Waals surface area contributed by atoms with Gasteiger partial charge in [-0.2, -0.15) is 9.36 Å². The molecule has 98 valence electrons. The van der Waals surface area contributed by atoms with Crippen molar-refractivity contribution in [3.63, 3.8) is 0 Å². The van der Waals surface area contributed by atoms with Crippen LogP contribution in [0.25, 0.3) is 11.4 Å². The molecule has 1 aliphatic rings. The first-order chi connectivity index (χ1) is 9.28. The fourth-order valence-electron chi connectivity index (χ4n) is 2.15. The van der Waals surface area contributed by atoms with Gasteiger partial charge in [0.2, 0.25) is 11.0 Å². The minimum absolute atomic E-state index is 0.0891. The average Bonchev–Trinajstić information content (AvgIpc) is 3.06. The molecule has 1 saturated heterocycles. The number of nitrogens with two attached hydrogens (primary N) is 1. The normalized spacial score (nSPS) is 19.1. The molecule has 0 aliphatic carbocycles. The molecule has 1 aliphatic heterocycles. The first-order valence-electron chi connectivity index (χ1n) is 6.17. The summed E-state index contributed by atoms with van der Waals surface area (Å²) < 4.78 is 4.32. The Labute approximate surface area is 115 Å². The lowest BCUT2D eigenvalue weighted by Gasteiger charge is -2.11. The van der Waals surface area contributed by atoms with Crippen molar-refractivity contribution in [1.29, 1.82) is 0 Å². The van der Waals surface area contributed by atoms with E-state index in [1.54, 1.807) is 4.90 Å². The predicted octanol–water partition coefficient (Wildman–Crippen LogP) is 1.52. The molecule has 6 heteroatoms. The highest BCUT2D eigenvalue weighted by Gasteiger charge is 2.31. The molecule has 2 aromatic rings. The number of amides is 1. The van der Waals surface area contributed by atoms with Crippen LogP contribution < -0.4 is 10.6 Å². The van der Waals surface area contributed by atoms with Crippen LogP contribution in [-0.2, 0) is 4.79 Å². The van der Waals surface area contributed by atoms with Gasteiger partial charge in [0, 0.05) is 30.1 Å². The number of rotatable bonds is 3. The Morgan fingerprint density at radius 2 is 2.16 bits per heavy atom. The van der Waals surface area contributed by atoms with E-state index in [1.807, 2.05) is 30.3 Å². The fraction of sp³-hybridized carbons (Fsp3) is 0.308. The van der Waals surface area contributed by atoms with Gasteiger partial charge in [0.15, 0.2) is 5.82 Å². The highest BCUT2D eigenvalue weighted by molar-refractivity contribution is 7.10. The second-order valence-corrected chi connectivity index (χ2v) is 5.31. The van der Waals surface area contributed by atoms with E-state index in [0.717, 1.165) is 5.56 Å². The maximum atomic E-state index is 11.9. The quantitative estimate of drug-likeness (QED) is 0.921. The van der Waals surface area contributed by atoms with Gasteiger partial charge in [0.05, 0.1) is 0 Å². The molecule has 2 heterocycles. The Hall–Kier alpha value is -1.79. The number of nitrogens with zero attached hydrogens (tertiary/aromatic N) is 3. The van der Waals surface area contributed by atoms with Crippen molar-refractivity contribution in [1.82, 2.24) is 9.36 Å². The molecule has 19 heavy (non-hydrogen) atoms. The Bertz CT molecular complexity index is 583. The van der Waals surface area contributed by atoms with Crippen LogP contribution in [0.5, 0.6) is 0 Å². The summed E-state index contributed by atoms with van der Waals surface area (Å²) in [6.07, 6.45) is 0.511. The molecule has 1 aromatic heterocycles. The zero-order valence-electron chi connectivity index (χ0n) is 10.3. The topological polar surface area (TPSA) is 72.1 Å². The monoisotopic (exact) mass is 274 g/mol. The Kier molecular flexibility index (Phi) is 3.27. The average molecular weight is 274 g/mol. The predicted molar refractivity (Wildman–Crippen MR) is 74.9 cm³/mol. The van der Waals surface area contributed by atoms with E-state index in [1.165, 1.54) is 11.5 Å². The summed E-state index contributed by atoms with van der Waals surface area (Å²) in [6, 6.07) is 9.76. The molecular weight excluding hydrogens is 260 g/mol. The Morgan fingerprint density at radius 1 is 1.37 bits per heavy atom. The lowest BCUT2D eigenvalue weighted by molar-refractivity contribution is -0.117. The van der Waals surface area contributed by atoms with Gasteiger partial charge in [-0.25, -0.2) is 0 Å². The van der Waals surface area contributed by atoms with Crippen LogP contribution in [0.2, 0.25) is 0 Å². The summed E-state index contributed by atoms with van der Waals surface area (Å²) >= 11 is 1.26. The highest BCUT2D eigenvalue weighted by atomic mass is 32.1. The number of hydrogen-bond acceptors (Lipinski definition) is 5. The van der Waals surface area contributed by atoms with Crippen molar-refractivity contribution in [2.45, 2.75) is 6.42 Å². The molecule has 1 atom stereocenters. The first-order valence-corrected chi connectivity index (χ1v) is 6.95. The van der Waals surface area contributed by atoms with E-state index in [-0.39, 0.29) is 11.8 Å². The van der Waals surface area contributed by atoms with Crippen molar-refractivity contribution in [3.05, 3.63) is 30.3 Å². The van der Waals surface area contributed by atoms with Crippen molar-refractivity contribution in [2.75, 3.05) is 18.0 Å². The Balaban J connectivity index is 1.84. The van der Waals surface area contributed by atoms with E-state index >= 15 is 0 Å². The van der Waals surface area contributed by atoms with Crippen LogP contribution in [0.3, 0.4) is 0 Å². The van der Waals surface area contributed by atoms with E-state index in [9.17, 15) is 4.79 Å². The smallest absolute Gasteiger partial charge is 0.229 e. The summed E-state index contributed by atoms with van der Waals surface area (Å²) in [5.41, 5.74) is 6.59. The molecule has 1 aromatic carbocycles. The SMILES string of the molecule is NCC1CC(=O)N(c2nc(-c3ccccc3)ns2)C1. The third kappa shape index (κ3) is 2.36. The standard InChI is InChI=1S/C13H14N4OS/c14-7-9-6-11(18)17(8-9)13-15-12(16-19-13)10-4-2-1-3-5-10/h1-5,9H,6-8,14H2. The van der Waals surface area contributed by atoms with Crippen molar-refractivity contribution in [3.8, 4) is 11.4 Å². The van der Waals surface area contributed by atoms with Gasteiger partial charge >= 0.3 is 0 Å². The van der Waals surface area contributed by atoms with Crippen LogP contribution in [0.1, 0.15) is 6.42 Å². The number of carbonyl (C=O) groups is 1. The molecule has 1 unspecified atom stereocenters. The molecular formula is C13H14N4OS. The maximum absolute atomic E-state index is 11.9. The third-order valence-electron chi connectivity index (χ3n) is 3.22. The zero-order valence-corrected chi connectivity index (χ0v) is 11.1. The van der Waals surface area contributed by atoms with E-state index < -0.39 is 0 Å². The molecule has 0 bridgehead atoms. The molecule has 1 amide bonds. The van der Waals surface area contributed by atoms with Gasteiger partial charge in [-0.3, -0.25) is 9.69 Å². The summed E-state index contributed by atoms with van der Waals surface area (Å²) in [7, 11) is 0. The van der Waals surface area contributed by atoms with Crippen LogP contribution in [-0.4, -0.2) is 28.4 Å². The Morgan fingerprint density at radius 3 is 2.84 bits per heavy atom. The fourth-order valence-corrected chi connectivity index (χ4v) is 2.87. The summed E-state index contributed by atoms with van der Waals surface area (Å²) in [5, 5.41) is 0.666. The molecule has 5 nitrogen and oxygen atoms in total. The second-order valence-electron chi connectivity index (χ2n) is 4.58. The molecule has 0 radical (unpaired) electrons. The number of anilines is 1. The summed E-state index contributed by atoms with van der Waals surface area (Å²) in [4.78, 5) is 18.0. The largest absolute Gasteiger partial charge is 0.330 e. The third-order valence-corrected chi connectivity index (χ3v) is 3.96. The molecule has 2 N–H and O–H groups in total. The molecule has 0 saturated carbocycles. The van der Waals surface area contributed by atoms with Gasteiger partial charge in [-0.15, -0.1) is 0 Å².